The fourth-order valence-corrected chi connectivity index (χ4v) is 10.3. The highest BCUT2D eigenvalue weighted by Gasteiger charge is 2.69. The Morgan fingerprint density at radius 2 is 1.69 bits per heavy atom. The summed E-state index contributed by atoms with van der Waals surface area (Å²) in [4.78, 5) is 79.0. The number of aromatic hydroxyl groups is 1. The van der Waals surface area contributed by atoms with E-state index in [0.717, 1.165) is 4.57 Å². The molecule has 1 saturated carbocycles. The third-order valence-electron chi connectivity index (χ3n) is 12.9. The molecule has 314 valence electrons. The molecule has 1 saturated heterocycles. The van der Waals surface area contributed by atoms with Gasteiger partial charge in [0.25, 0.3) is 5.56 Å². The normalized spacial score (nSPS) is 21.4. The number of imide groups is 1. The van der Waals surface area contributed by atoms with E-state index in [9.17, 15) is 19.5 Å². The van der Waals surface area contributed by atoms with Crippen LogP contribution in [0, 0.1) is 11.8 Å². The number of methoxy groups -OCH3 is 2. The van der Waals surface area contributed by atoms with E-state index in [1.165, 1.54) is 39.1 Å². The first-order valence-electron chi connectivity index (χ1n) is 20.1. The molecule has 15 nitrogen and oxygen atoms in total. The van der Waals surface area contributed by atoms with Crippen molar-refractivity contribution >= 4 is 40.1 Å². The van der Waals surface area contributed by atoms with Crippen LogP contribution in [0.4, 0.5) is 5.69 Å². The van der Waals surface area contributed by atoms with Gasteiger partial charge in [0.2, 0.25) is 11.8 Å². The number of phenolic OH excluding ortho intramolecular Hbond substituents is 1. The maximum atomic E-state index is 15.6. The zero-order valence-corrected chi connectivity index (χ0v) is 34.5. The van der Waals surface area contributed by atoms with Crippen LogP contribution in [-0.2, 0) is 48.0 Å². The summed E-state index contributed by atoms with van der Waals surface area (Å²) < 4.78 is 22.3. The van der Waals surface area contributed by atoms with Gasteiger partial charge in [-0.25, -0.2) is 33.4 Å². The van der Waals surface area contributed by atoms with Gasteiger partial charge in [-0.3, -0.25) is 14.4 Å². The van der Waals surface area contributed by atoms with E-state index >= 15 is 9.59 Å². The summed E-state index contributed by atoms with van der Waals surface area (Å²) in [6, 6.07) is 23.0. The second-order valence-electron chi connectivity index (χ2n) is 15.9. The molecule has 10 rings (SSSR count). The minimum atomic E-state index is -1.52. The summed E-state index contributed by atoms with van der Waals surface area (Å²) in [7, 11) is 4.61. The van der Waals surface area contributed by atoms with Crippen molar-refractivity contribution in [3.63, 3.8) is 0 Å². The number of halogens is 1. The third kappa shape index (κ3) is 5.64. The number of nitrogens with zero attached hydrogens (tertiary/aromatic N) is 6. The molecule has 0 spiro atoms. The number of rotatable bonds is 8. The molecule has 5 heterocycles. The molecule has 4 aromatic carbocycles. The Morgan fingerprint density at radius 3 is 2.45 bits per heavy atom. The first-order chi connectivity index (χ1) is 30.0. The first kappa shape index (κ1) is 39.0. The Balaban J connectivity index is 1.11. The molecule has 2 fully saturated rings. The zero-order valence-electron chi connectivity index (χ0n) is 33.8. The summed E-state index contributed by atoms with van der Waals surface area (Å²) in [6.45, 7) is -0.171. The Hall–Kier alpha value is -7.13. The molecule has 16 heteroatoms. The molecule has 2 amide bonds. The average molecular weight is 855 g/mol. The maximum Gasteiger partial charge on any atom is 0.347 e. The van der Waals surface area contributed by atoms with E-state index in [4.69, 9.17) is 25.8 Å². The van der Waals surface area contributed by atoms with Crippen LogP contribution in [0.3, 0.4) is 0 Å². The van der Waals surface area contributed by atoms with E-state index < -0.39 is 52.0 Å². The lowest BCUT2D eigenvalue weighted by Crippen LogP contribution is -2.55. The van der Waals surface area contributed by atoms with Crippen molar-refractivity contribution in [2.24, 2.45) is 18.9 Å². The molecule has 0 radical (unpaired) electrons. The quantitative estimate of drug-likeness (QED) is 0.166. The number of aromatic nitrogens is 5. The van der Waals surface area contributed by atoms with Gasteiger partial charge in [0.05, 0.1) is 61.1 Å². The molecule has 1 aliphatic carbocycles. The molecule has 2 aromatic heterocycles. The Bertz CT molecular complexity index is 3150. The van der Waals surface area contributed by atoms with Gasteiger partial charge < -0.3 is 23.9 Å². The van der Waals surface area contributed by atoms with Gasteiger partial charge in [-0.05, 0) is 59.5 Å². The van der Waals surface area contributed by atoms with Gasteiger partial charge in [-0.1, -0.05) is 54.1 Å². The second-order valence-corrected chi connectivity index (χ2v) is 16.4. The predicted octanol–water partition coefficient (Wildman–Crippen LogP) is 4.82. The fourth-order valence-electron chi connectivity index (χ4n) is 10.2. The summed E-state index contributed by atoms with van der Waals surface area (Å²) in [5.74, 6) is -1.37. The highest BCUT2D eigenvalue weighted by molar-refractivity contribution is 6.32. The lowest BCUT2D eigenvalue weighted by molar-refractivity contribution is -0.125. The van der Waals surface area contributed by atoms with Gasteiger partial charge in [0, 0.05) is 55.1 Å². The number of ether oxygens (including phenoxy) is 3. The number of carbonyl (C=O) groups is 2. The SMILES string of the molecule is COc1cc2nc(CCn3c(=O)n4n(c3=O)[C@@H]3C[C@H]5C(=O)N(c6cccc(Cl)c6)C(=O)[C@@]5(c5ccccc5)[C@@H](C5=COc6ccc(O)cc6C5)C3=CC4)c(=O)n(C)c2cc1OC. The number of benzene rings is 4. The Labute approximate surface area is 357 Å². The number of amides is 2. The summed E-state index contributed by atoms with van der Waals surface area (Å²) in [6.07, 6.45) is 3.70. The van der Waals surface area contributed by atoms with Gasteiger partial charge in [0.15, 0.2) is 11.5 Å². The van der Waals surface area contributed by atoms with E-state index in [1.807, 2.05) is 36.4 Å². The van der Waals surface area contributed by atoms with Gasteiger partial charge in [0.1, 0.15) is 17.2 Å². The molecule has 6 aromatic rings. The minimum absolute atomic E-state index is 0.00576. The fraction of sp³-hybridized carbons (Fsp3) is 0.261. The van der Waals surface area contributed by atoms with Crippen LogP contribution in [0.1, 0.15) is 29.3 Å². The van der Waals surface area contributed by atoms with Crippen molar-refractivity contribution in [1.82, 2.24) is 23.5 Å². The number of fused-ring (bicyclic) bond motifs is 6. The van der Waals surface area contributed by atoms with Crippen LogP contribution in [0.25, 0.3) is 11.0 Å². The maximum absolute atomic E-state index is 15.6. The lowest BCUT2D eigenvalue weighted by Gasteiger charge is -2.50. The smallest absolute Gasteiger partial charge is 0.347 e. The standard InChI is InChI=1S/C46H39ClN6O9/c1-49-36-23-39(61-3)38(60-2)22-34(36)48-33(42(49)56)15-16-50-44(58)51-17-14-31-35(53(51)45(50)59)21-32-41(55)52(29-11-7-10-28(47)20-29)43(57)46(32,27-8-5-4-6-9-27)40(31)26-18-25-19-30(54)12-13-37(25)62-24-26/h4-14,19-20,22-24,32,35,40,54H,15-18,21H2,1-3H3/t32-,35+,40-,46+/m0/s1. The summed E-state index contributed by atoms with van der Waals surface area (Å²) in [5.41, 5.74) is 0.890. The van der Waals surface area contributed by atoms with Crippen LogP contribution >= 0.6 is 11.6 Å². The molecular weight excluding hydrogens is 816 g/mol. The Morgan fingerprint density at radius 1 is 0.919 bits per heavy atom. The average Bonchev–Trinajstić information content (AvgIpc) is 3.66. The van der Waals surface area contributed by atoms with Gasteiger partial charge in [-0.2, -0.15) is 0 Å². The van der Waals surface area contributed by atoms with E-state index in [0.29, 0.717) is 61.3 Å². The number of hydrogen-bond acceptors (Lipinski definition) is 10. The van der Waals surface area contributed by atoms with Crippen molar-refractivity contribution < 1.29 is 28.9 Å². The van der Waals surface area contributed by atoms with E-state index in [2.05, 4.69) is 4.98 Å². The first-order valence-corrected chi connectivity index (χ1v) is 20.4. The van der Waals surface area contributed by atoms with Crippen LogP contribution in [0.5, 0.6) is 23.0 Å². The number of allylic oxidation sites excluding steroid dienone is 3. The highest BCUT2D eigenvalue weighted by Crippen LogP contribution is 2.61. The molecule has 0 unspecified atom stereocenters. The molecule has 0 bridgehead atoms. The van der Waals surface area contributed by atoms with Crippen LogP contribution in [0.2, 0.25) is 5.02 Å². The largest absolute Gasteiger partial charge is 0.508 e. The zero-order chi connectivity index (χ0) is 43.2. The predicted molar refractivity (Wildman–Crippen MR) is 228 cm³/mol. The molecule has 62 heavy (non-hydrogen) atoms. The topological polar surface area (TPSA) is 169 Å². The number of phenols is 1. The van der Waals surface area contributed by atoms with Crippen LogP contribution in [0.15, 0.2) is 123 Å². The number of anilines is 1. The molecule has 3 aliphatic heterocycles. The second kappa shape index (κ2) is 14.5. The summed E-state index contributed by atoms with van der Waals surface area (Å²) in [5, 5.41) is 10.8. The highest BCUT2D eigenvalue weighted by atomic mass is 35.5. The molecular formula is C46H39ClN6O9. The van der Waals surface area contributed by atoms with E-state index in [1.54, 1.807) is 61.8 Å². The molecule has 1 N–H and O–H groups in total. The molecule has 4 atom stereocenters. The summed E-state index contributed by atoms with van der Waals surface area (Å²) >= 11 is 6.45. The van der Waals surface area contributed by atoms with E-state index in [-0.39, 0.29) is 43.8 Å². The van der Waals surface area contributed by atoms with Crippen molar-refractivity contribution in [2.45, 2.75) is 43.8 Å². The van der Waals surface area contributed by atoms with Gasteiger partial charge in [-0.15, -0.1) is 0 Å². The van der Waals surface area contributed by atoms with Crippen molar-refractivity contribution in [1.29, 1.82) is 0 Å². The number of hydrogen-bond donors (Lipinski definition) is 1. The number of aryl methyl sites for hydroxylation is 2. The molecule has 4 aliphatic rings. The minimum Gasteiger partial charge on any atom is -0.508 e. The monoisotopic (exact) mass is 854 g/mol. The van der Waals surface area contributed by atoms with Crippen molar-refractivity contribution in [3.8, 4) is 23.0 Å². The van der Waals surface area contributed by atoms with Gasteiger partial charge >= 0.3 is 11.4 Å². The van der Waals surface area contributed by atoms with Crippen molar-refractivity contribution in [3.05, 3.63) is 162 Å². The van der Waals surface area contributed by atoms with Crippen LogP contribution in [-0.4, -0.2) is 54.6 Å². The van der Waals surface area contributed by atoms with Crippen molar-refractivity contribution in [2.75, 3.05) is 19.1 Å². The lowest BCUT2D eigenvalue weighted by atomic mass is 9.52. The number of carbonyl (C=O) groups excluding carboxylic acids is 2. The van der Waals surface area contributed by atoms with Crippen LogP contribution < -0.4 is 36.0 Å². The third-order valence-corrected chi connectivity index (χ3v) is 13.1. The Kier molecular flexibility index (Phi) is 9.14.